The Labute approximate surface area is 148 Å². The molecule has 0 aliphatic carbocycles. The predicted octanol–water partition coefficient (Wildman–Crippen LogP) is 5.12. The minimum Gasteiger partial charge on any atom is -0.316 e. The number of nitrogens with zero attached hydrogens (tertiary/aromatic N) is 2. The first-order chi connectivity index (χ1) is 11.4. The molecule has 0 N–H and O–H groups in total. The quantitative estimate of drug-likeness (QED) is 0.748. The molecule has 0 bridgehead atoms. The SMILES string of the molecule is CC.CC.CCC(=O)N(C)c1ccc(N(C)C(=O)CC(C)C)cc1. The molecule has 0 spiro atoms. The Morgan fingerprint density at radius 2 is 1.17 bits per heavy atom. The Balaban J connectivity index is 0. The molecule has 24 heavy (non-hydrogen) atoms. The highest BCUT2D eigenvalue weighted by Gasteiger charge is 2.13. The van der Waals surface area contributed by atoms with Gasteiger partial charge in [0.05, 0.1) is 0 Å². The molecule has 0 unspecified atom stereocenters. The maximum atomic E-state index is 12.0. The highest BCUT2D eigenvalue weighted by molar-refractivity contribution is 5.95. The summed E-state index contributed by atoms with van der Waals surface area (Å²) in [6.45, 7) is 13.9. The van der Waals surface area contributed by atoms with E-state index in [2.05, 4.69) is 0 Å². The van der Waals surface area contributed by atoms with Gasteiger partial charge in [0, 0.05) is 38.3 Å². The van der Waals surface area contributed by atoms with Crippen molar-refractivity contribution < 1.29 is 9.59 Å². The van der Waals surface area contributed by atoms with Crippen LogP contribution < -0.4 is 9.80 Å². The summed E-state index contributed by atoms with van der Waals surface area (Å²) in [5.41, 5.74) is 1.68. The molecule has 0 atom stereocenters. The van der Waals surface area contributed by atoms with Crippen LogP contribution in [0.5, 0.6) is 0 Å². The van der Waals surface area contributed by atoms with Crippen LogP contribution >= 0.6 is 0 Å². The summed E-state index contributed by atoms with van der Waals surface area (Å²) in [5.74, 6) is 0.519. The fourth-order valence-electron chi connectivity index (χ4n) is 1.91. The van der Waals surface area contributed by atoms with Crippen LogP contribution in [0.4, 0.5) is 11.4 Å². The molecule has 138 valence electrons. The van der Waals surface area contributed by atoms with Gasteiger partial charge in [-0.2, -0.15) is 0 Å². The van der Waals surface area contributed by atoms with E-state index in [4.69, 9.17) is 0 Å². The molecular formula is C20H36N2O2. The molecule has 4 heteroatoms. The van der Waals surface area contributed by atoms with Crippen LogP contribution in [0.15, 0.2) is 24.3 Å². The fourth-order valence-corrected chi connectivity index (χ4v) is 1.91. The maximum Gasteiger partial charge on any atom is 0.226 e. The molecule has 0 aliphatic rings. The van der Waals surface area contributed by atoms with Gasteiger partial charge in [-0.05, 0) is 30.2 Å². The second-order valence-corrected chi connectivity index (χ2v) is 5.37. The van der Waals surface area contributed by atoms with E-state index in [9.17, 15) is 9.59 Å². The van der Waals surface area contributed by atoms with Gasteiger partial charge in [0.25, 0.3) is 0 Å². The third-order valence-corrected chi connectivity index (χ3v) is 3.26. The average Bonchev–Trinajstić information content (AvgIpc) is 2.62. The molecule has 0 aromatic heterocycles. The molecular weight excluding hydrogens is 300 g/mol. The largest absolute Gasteiger partial charge is 0.316 e. The first kappa shape index (κ1) is 24.4. The molecule has 0 heterocycles. The van der Waals surface area contributed by atoms with Crippen molar-refractivity contribution in [1.82, 2.24) is 0 Å². The van der Waals surface area contributed by atoms with Crippen molar-refractivity contribution in [1.29, 1.82) is 0 Å². The van der Waals surface area contributed by atoms with Gasteiger partial charge in [-0.1, -0.05) is 48.5 Å². The number of amides is 2. The van der Waals surface area contributed by atoms with Gasteiger partial charge in [-0.15, -0.1) is 0 Å². The smallest absolute Gasteiger partial charge is 0.226 e. The van der Waals surface area contributed by atoms with Crippen LogP contribution in [-0.4, -0.2) is 25.9 Å². The van der Waals surface area contributed by atoms with Gasteiger partial charge in [0.1, 0.15) is 0 Å². The van der Waals surface area contributed by atoms with E-state index in [-0.39, 0.29) is 11.8 Å². The van der Waals surface area contributed by atoms with Gasteiger partial charge >= 0.3 is 0 Å². The molecule has 1 aromatic carbocycles. The minimum absolute atomic E-state index is 0.0713. The maximum absolute atomic E-state index is 12.0. The van der Waals surface area contributed by atoms with E-state index < -0.39 is 0 Å². The molecule has 2 amide bonds. The molecule has 0 aliphatic heterocycles. The Morgan fingerprint density at radius 1 is 0.833 bits per heavy atom. The highest BCUT2D eigenvalue weighted by atomic mass is 16.2. The van der Waals surface area contributed by atoms with Gasteiger partial charge in [-0.25, -0.2) is 0 Å². The van der Waals surface area contributed by atoms with Crippen molar-refractivity contribution in [3.05, 3.63) is 24.3 Å². The molecule has 0 radical (unpaired) electrons. The van der Waals surface area contributed by atoms with E-state index in [1.54, 1.807) is 23.9 Å². The van der Waals surface area contributed by atoms with Gasteiger partial charge in [0.2, 0.25) is 11.8 Å². The topological polar surface area (TPSA) is 40.6 Å². The van der Waals surface area contributed by atoms with Crippen molar-refractivity contribution in [2.75, 3.05) is 23.9 Å². The first-order valence-corrected chi connectivity index (χ1v) is 9.00. The Bertz CT molecular complexity index is 467. The zero-order valence-electron chi connectivity index (χ0n) is 17.0. The monoisotopic (exact) mass is 336 g/mol. The zero-order chi connectivity index (χ0) is 19.3. The summed E-state index contributed by atoms with van der Waals surface area (Å²) >= 11 is 0. The molecule has 4 nitrogen and oxygen atoms in total. The van der Waals surface area contributed by atoms with E-state index in [0.717, 1.165) is 11.4 Å². The van der Waals surface area contributed by atoms with Crippen LogP contribution in [0.25, 0.3) is 0 Å². The number of hydrogen-bond donors (Lipinski definition) is 0. The number of carbonyl (C=O) groups is 2. The molecule has 0 fully saturated rings. The standard InChI is InChI=1S/C16H24N2O2.2C2H6/c1-6-15(19)17(4)13-7-9-14(10-8-13)18(5)16(20)11-12(2)3;2*1-2/h7-10,12H,6,11H2,1-5H3;2*1-2H3. The summed E-state index contributed by atoms with van der Waals surface area (Å²) < 4.78 is 0. The van der Waals surface area contributed by atoms with Crippen LogP contribution in [0.1, 0.15) is 61.3 Å². The Hall–Kier alpha value is -1.84. The Morgan fingerprint density at radius 3 is 1.46 bits per heavy atom. The van der Waals surface area contributed by atoms with Crippen LogP contribution in [0.3, 0.4) is 0 Å². The highest BCUT2D eigenvalue weighted by Crippen LogP contribution is 2.21. The van der Waals surface area contributed by atoms with E-state index in [0.29, 0.717) is 18.8 Å². The third-order valence-electron chi connectivity index (χ3n) is 3.26. The van der Waals surface area contributed by atoms with E-state index in [1.807, 2.05) is 72.7 Å². The second-order valence-electron chi connectivity index (χ2n) is 5.37. The summed E-state index contributed by atoms with van der Waals surface area (Å²) in [6.07, 6.45) is 1.01. The molecule has 1 rings (SSSR count). The number of benzene rings is 1. The van der Waals surface area contributed by atoms with Crippen LogP contribution in [0.2, 0.25) is 0 Å². The fraction of sp³-hybridized carbons (Fsp3) is 0.600. The molecule has 0 saturated carbocycles. The summed E-state index contributed by atoms with van der Waals surface area (Å²) in [4.78, 5) is 26.9. The van der Waals surface area contributed by atoms with Crippen molar-refractivity contribution in [3.8, 4) is 0 Å². The lowest BCUT2D eigenvalue weighted by molar-refractivity contribution is -0.119. The normalized spacial score (nSPS) is 9.25. The van der Waals surface area contributed by atoms with Crippen LogP contribution in [-0.2, 0) is 9.59 Å². The summed E-state index contributed by atoms with van der Waals surface area (Å²) in [6, 6.07) is 7.46. The summed E-state index contributed by atoms with van der Waals surface area (Å²) in [5, 5.41) is 0. The lowest BCUT2D eigenvalue weighted by Gasteiger charge is -2.21. The lowest BCUT2D eigenvalue weighted by Crippen LogP contribution is -2.27. The van der Waals surface area contributed by atoms with Crippen molar-refractivity contribution in [3.63, 3.8) is 0 Å². The zero-order valence-corrected chi connectivity index (χ0v) is 17.0. The number of carbonyl (C=O) groups excluding carboxylic acids is 2. The molecule has 0 saturated heterocycles. The lowest BCUT2D eigenvalue weighted by atomic mass is 10.1. The number of hydrogen-bond acceptors (Lipinski definition) is 2. The van der Waals surface area contributed by atoms with E-state index in [1.165, 1.54) is 0 Å². The van der Waals surface area contributed by atoms with Crippen LogP contribution in [0, 0.1) is 5.92 Å². The predicted molar refractivity (Wildman–Crippen MR) is 106 cm³/mol. The first-order valence-electron chi connectivity index (χ1n) is 9.00. The molecule has 1 aromatic rings. The van der Waals surface area contributed by atoms with Crippen molar-refractivity contribution >= 4 is 23.2 Å². The van der Waals surface area contributed by atoms with E-state index >= 15 is 0 Å². The van der Waals surface area contributed by atoms with Gasteiger partial charge < -0.3 is 9.80 Å². The second kappa shape index (κ2) is 13.6. The van der Waals surface area contributed by atoms with Crippen molar-refractivity contribution in [2.24, 2.45) is 5.92 Å². The Kier molecular flexibility index (Phi) is 13.8. The van der Waals surface area contributed by atoms with Gasteiger partial charge in [-0.3, -0.25) is 9.59 Å². The van der Waals surface area contributed by atoms with Gasteiger partial charge in [0.15, 0.2) is 0 Å². The average molecular weight is 337 g/mol. The third kappa shape index (κ3) is 8.14. The minimum atomic E-state index is 0.0713. The summed E-state index contributed by atoms with van der Waals surface area (Å²) in [7, 11) is 3.54. The van der Waals surface area contributed by atoms with Crippen molar-refractivity contribution in [2.45, 2.75) is 61.3 Å². The number of rotatable bonds is 5. The number of anilines is 2.